The fraction of sp³-hybridized carbons (Fsp3) is 0.158. The smallest absolute Gasteiger partial charge is 0.338 e. The van der Waals surface area contributed by atoms with Gasteiger partial charge in [-0.3, -0.25) is 0 Å². The van der Waals surface area contributed by atoms with Crippen molar-refractivity contribution in [1.29, 1.82) is 0 Å². The third kappa shape index (κ3) is 4.17. The second-order valence-corrected chi connectivity index (χ2v) is 5.11. The first-order valence-corrected chi connectivity index (χ1v) is 7.72. The summed E-state index contributed by atoms with van der Waals surface area (Å²) in [4.78, 5) is 22.8. The zero-order valence-electron chi connectivity index (χ0n) is 13.6. The highest BCUT2D eigenvalue weighted by atomic mass is 16.7. The normalized spacial score (nSPS) is 10.4. The minimum absolute atomic E-state index is 0.0265. The summed E-state index contributed by atoms with van der Waals surface area (Å²) in [5.41, 5.74) is 0.492. The van der Waals surface area contributed by atoms with Gasteiger partial charge in [0.1, 0.15) is 17.1 Å². The van der Waals surface area contributed by atoms with Crippen LogP contribution in [0.2, 0.25) is 0 Å². The lowest BCUT2D eigenvalue weighted by atomic mass is 10.2. The Bertz CT molecular complexity index is 927. The van der Waals surface area contributed by atoms with Gasteiger partial charge in [0.15, 0.2) is 0 Å². The van der Waals surface area contributed by atoms with E-state index in [2.05, 4.69) is 0 Å². The number of fused-ring (bicyclic) bond motifs is 1. The molecule has 1 heterocycles. The zero-order valence-corrected chi connectivity index (χ0v) is 13.6. The summed E-state index contributed by atoms with van der Waals surface area (Å²) < 4.78 is 21.0. The molecule has 0 saturated heterocycles. The van der Waals surface area contributed by atoms with E-state index in [1.807, 2.05) is 0 Å². The number of carbonyl (C=O) groups excluding carboxylic acids is 1. The molecule has 6 nitrogen and oxygen atoms in total. The Morgan fingerprint density at radius 2 is 1.64 bits per heavy atom. The summed E-state index contributed by atoms with van der Waals surface area (Å²) in [5, 5.41) is 0.808. The second kappa shape index (κ2) is 7.53. The molecule has 0 aliphatic heterocycles. The van der Waals surface area contributed by atoms with E-state index in [-0.39, 0.29) is 12.8 Å². The summed E-state index contributed by atoms with van der Waals surface area (Å²) in [6.45, 7) is 2.06. The summed E-state index contributed by atoms with van der Waals surface area (Å²) in [7, 11) is 0. The highest BCUT2D eigenvalue weighted by molar-refractivity contribution is 5.89. The predicted molar refractivity (Wildman–Crippen MR) is 91.0 cm³/mol. The van der Waals surface area contributed by atoms with Crippen LogP contribution >= 0.6 is 0 Å². The molecular weight excluding hydrogens is 324 g/mol. The first-order chi connectivity index (χ1) is 12.2. The number of hydrogen-bond acceptors (Lipinski definition) is 6. The van der Waals surface area contributed by atoms with Crippen LogP contribution in [0.5, 0.6) is 11.5 Å². The maximum Gasteiger partial charge on any atom is 0.338 e. The number of hydrogen-bond donors (Lipinski definition) is 0. The lowest BCUT2D eigenvalue weighted by molar-refractivity contribution is 0.0526. The maximum atomic E-state index is 11.6. The Morgan fingerprint density at radius 3 is 2.40 bits per heavy atom. The standard InChI is InChI=1S/C19H16O6/c1-2-22-19(21)14-4-7-15(8-5-14)23-12-24-16-9-3-13-6-10-18(20)25-17(13)11-16/h3-11H,2,12H2,1H3. The molecule has 0 fully saturated rings. The molecule has 128 valence electrons. The van der Waals surface area contributed by atoms with Crippen LogP contribution in [0.1, 0.15) is 17.3 Å². The van der Waals surface area contributed by atoms with Crippen LogP contribution in [0.4, 0.5) is 0 Å². The summed E-state index contributed by atoms with van der Waals surface area (Å²) in [6.07, 6.45) is 0. The number of carbonyl (C=O) groups is 1. The fourth-order valence-electron chi connectivity index (χ4n) is 2.20. The van der Waals surface area contributed by atoms with Crippen molar-refractivity contribution in [2.45, 2.75) is 6.92 Å². The fourth-order valence-corrected chi connectivity index (χ4v) is 2.20. The average Bonchev–Trinajstić information content (AvgIpc) is 2.62. The minimum Gasteiger partial charge on any atom is -0.462 e. The van der Waals surface area contributed by atoms with E-state index in [9.17, 15) is 9.59 Å². The lowest BCUT2D eigenvalue weighted by Crippen LogP contribution is -2.07. The van der Waals surface area contributed by atoms with E-state index in [1.165, 1.54) is 6.07 Å². The van der Waals surface area contributed by atoms with E-state index in [0.717, 1.165) is 5.39 Å². The minimum atomic E-state index is -0.414. The van der Waals surface area contributed by atoms with Gasteiger partial charge in [0.2, 0.25) is 6.79 Å². The highest BCUT2D eigenvalue weighted by Gasteiger charge is 2.06. The lowest BCUT2D eigenvalue weighted by Gasteiger charge is -2.09. The van der Waals surface area contributed by atoms with Crippen molar-refractivity contribution in [1.82, 2.24) is 0 Å². The summed E-state index contributed by atoms with van der Waals surface area (Å²) >= 11 is 0. The molecule has 0 radical (unpaired) electrons. The molecule has 0 unspecified atom stereocenters. The summed E-state index contributed by atoms with van der Waals surface area (Å²) in [6, 6.07) is 14.8. The van der Waals surface area contributed by atoms with Crippen LogP contribution in [0, 0.1) is 0 Å². The molecule has 0 aliphatic carbocycles. The van der Waals surface area contributed by atoms with Gasteiger partial charge >= 0.3 is 11.6 Å². The molecule has 0 amide bonds. The van der Waals surface area contributed by atoms with Gasteiger partial charge in [-0.15, -0.1) is 0 Å². The van der Waals surface area contributed by atoms with Crippen LogP contribution in [-0.4, -0.2) is 19.4 Å². The Balaban J connectivity index is 1.59. The van der Waals surface area contributed by atoms with Crippen molar-refractivity contribution in [2.24, 2.45) is 0 Å². The highest BCUT2D eigenvalue weighted by Crippen LogP contribution is 2.20. The van der Waals surface area contributed by atoms with Gasteiger partial charge in [-0.25, -0.2) is 9.59 Å². The Hall–Kier alpha value is -3.28. The van der Waals surface area contributed by atoms with Crippen LogP contribution in [0.25, 0.3) is 11.0 Å². The molecule has 0 atom stereocenters. The Morgan fingerprint density at radius 1 is 0.960 bits per heavy atom. The third-order valence-electron chi connectivity index (χ3n) is 3.41. The van der Waals surface area contributed by atoms with E-state index < -0.39 is 5.63 Å². The molecule has 0 aliphatic rings. The molecule has 3 rings (SSSR count). The van der Waals surface area contributed by atoms with E-state index in [1.54, 1.807) is 55.5 Å². The van der Waals surface area contributed by atoms with Gasteiger partial charge in [0.25, 0.3) is 0 Å². The van der Waals surface area contributed by atoms with Crippen LogP contribution in [0.15, 0.2) is 63.8 Å². The molecule has 0 spiro atoms. The van der Waals surface area contributed by atoms with Crippen molar-refractivity contribution in [3.05, 3.63) is 70.6 Å². The van der Waals surface area contributed by atoms with Crippen LogP contribution in [0.3, 0.4) is 0 Å². The third-order valence-corrected chi connectivity index (χ3v) is 3.41. The van der Waals surface area contributed by atoms with Crippen LogP contribution < -0.4 is 15.1 Å². The molecule has 1 aromatic heterocycles. The zero-order chi connectivity index (χ0) is 17.6. The molecule has 0 bridgehead atoms. The van der Waals surface area contributed by atoms with Crippen molar-refractivity contribution in [3.8, 4) is 11.5 Å². The van der Waals surface area contributed by atoms with E-state index in [4.69, 9.17) is 18.6 Å². The number of rotatable bonds is 6. The topological polar surface area (TPSA) is 75.0 Å². The van der Waals surface area contributed by atoms with Gasteiger partial charge < -0.3 is 18.6 Å². The Labute approximate surface area is 143 Å². The predicted octanol–water partition coefficient (Wildman–Crippen LogP) is 3.39. The van der Waals surface area contributed by atoms with Gasteiger partial charge in [0.05, 0.1) is 12.2 Å². The number of esters is 1. The molecule has 0 N–H and O–H groups in total. The van der Waals surface area contributed by atoms with Crippen molar-refractivity contribution in [2.75, 3.05) is 13.4 Å². The molecule has 0 saturated carbocycles. The van der Waals surface area contributed by atoms with Crippen molar-refractivity contribution < 1.29 is 23.4 Å². The number of ether oxygens (including phenoxy) is 3. The summed E-state index contributed by atoms with van der Waals surface area (Å²) in [5.74, 6) is 0.702. The van der Waals surface area contributed by atoms with Gasteiger partial charge in [-0.1, -0.05) is 0 Å². The molecule has 3 aromatic rings. The second-order valence-electron chi connectivity index (χ2n) is 5.11. The average molecular weight is 340 g/mol. The maximum absolute atomic E-state index is 11.6. The number of benzene rings is 2. The van der Waals surface area contributed by atoms with Crippen LogP contribution in [-0.2, 0) is 4.74 Å². The van der Waals surface area contributed by atoms with E-state index >= 15 is 0 Å². The van der Waals surface area contributed by atoms with Gasteiger partial charge in [0, 0.05) is 17.5 Å². The first-order valence-electron chi connectivity index (χ1n) is 7.72. The quantitative estimate of drug-likeness (QED) is 0.389. The van der Waals surface area contributed by atoms with Gasteiger partial charge in [-0.05, 0) is 49.4 Å². The SMILES string of the molecule is CCOC(=O)c1ccc(OCOc2ccc3ccc(=O)oc3c2)cc1. The molecule has 2 aromatic carbocycles. The molecule has 25 heavy (non-hydrogen) atoms. The van der Waals surface area contributed by atoms with E-state index in [0.29, 0.717) is 29.3 Å². The largest absolute Gasteiger partial charge is 0.462 e. The van der Waals surface area contributed by atoms with Crippen molar-refractivity contribution in [3.63, 3.8) is 0 Å². The molecular formula is C19H16O6. The molecule has 6 heteroatoms. The monoisotopic (exact) mass is 340 g/mol. The first kappa shape index (κ1) is 16.6. The van der Waals surface area contributed by atoms with Crippen molar-refractivity contribution >= 4 is 16.9 Å². The Kier molecular flexibility index (Phi) is 4.99. The van der Waals surface area contributed by atoms with Gasteiger partial charge in [-0.2, -0.15) is 0 Å².